The number of hydrogen-bond donors (Lipinski definition) is 3. The van der Waals surface area contributed by atoms with Crippen LogP contribution in [0.1, 0.15) is 52.0 Å². The second-order valence-electron chi connectivity index (χ2n) is 9.04. The maximum atomic E-state index is 12.8. The molecule has 1 aliphatic heterocycles. The van der Waals surface area contributed by atoms with Crippen molar-refractivity contribution in [2.45, 2.75) is 63.0 Å². The van der Waals surface area contributed by atoms with Gasteiger partial charge in [-0.1, -0.05) is 66.1 Å². The lowest BCUT2D eigenvalue weighted by Gasteiger charge is -2.24. The molecule has 0 radical (unpaired) electrons. The van der Waals surface area contributed by atoms with Crippen LogP contribution in [0, 0.1) is 5.92 Å². The zero-order chi connectivity index (χ0) is 27.7. The van der Waals surface area contributed by atoms with E-state index in [-0.39, 0.29) is 30.1 Å². The fourth-order valence-electron chi connectivity index (χ4n) is 3.56. The molecule has 0 saturated carbocycles. The summed E-state index contributed by atoms with van der Waals surface area (Å²) in [6.45, 7) is 5.43. The van der Waals surface area contributed by atoms with E-state index in [1.807, 2.05) is 0 Å². The molecule has 2 atom stereocenters. The summed E-state index contributed by atoms with van der Waals surface area (Å²) in [4.78, 5) is 62.2. The molecule has 0 fully saturated rings. The number of unbranched alkanes of at least 4 members (excludes halogenated alkanes) is 2. The van der Waals surface area contributed by atoms with E-state index in [0.717, 1.165) is 5.56 Å². The molecule has 1 aromatic carbocycles. The highest BCUT2D eigenvalue weighted by Gasteiger charge is 2.27. The normalized spacial score (nSPS) is 14.6. The number of imide groups is 1. The number of anilines is 1. The van der Waals surface area contributed by atoms with Gasteiger partial charge in [0.05, 0.1) is 10.7 Å². The summed E-state index contributed by atoms with van der Waals surface area (Å²) in [7, 11) is 0. The lowest BCUT2D eigenvalue weighted by molar-refractivity contribution is -0.137. The number of rotatable bonds is 13. The molecule has 2 rings (SSSR count). The number of alkyl halides is 1. The number of carbonyl (C=O) groups is 5. The van der Waals surface area contributed by atoms with Crippen molar-refractivity contribution >= 4 is 81.0 Å². The van der Waals surface area contributed by atoms with Gasteiger partial charge in [0.25, 0.3) is 11.8 Å². The second kappa shape index (κ2) is 14.7. The van der Waals surface area contributed by atoms with Crippen molar-refractivity contribution in [1.82, 2.24) is 15.5 Å². The third-order valence-electron chi connectivity index (χ3n) is 5.74. The number of halogens is 3. The summed E-state index contributed by atoms with van der Waals surface area (Å²) in [5.41, 5.74) is 1.19. The minimum atomic E-state index is -0.893. The van der Waals surface area contributed by atoms with E-state index in [0.29, 0.717) is 46.0 Å². The first kappa shape index (κ1) is 31.0. The van der Waals surface area contributed by atoms with Gasteiger partial charge in [-0.15, -0.1) is 0 Å². The molecule has 0 unspecified atom stereocenters. The number of amides is 5. The molecule has 1 aromatic rings. The molecular weight excluding hydrogens is 634 g/mol. The monoisotopic (exact) mass is 664 g/mol. The molecular formula is C25H31Cl2IN4O5. The van der Waals surface area contributed by atoms with Crippen LogP contribution in [0.2, 0.25) is 10.0 Å². The van der Waals surface area contributed by atoms with Crippen molar-refractivity contribution in [2.24, 2.45) is 5.92 Å². The molecule has 202 valence electrons. The van der Waals surface area contributed by atoms with Gasteiger partial charge in [0.1, 0.15) is 12.1 Å². The van der Waals surface area contributed by atoms with E-state index in [1.54, 1.807) is 26.0 Å². The van der Waals surface area contributed by atoms with Crippen LogP contribution in [0.25, 0.3) is 0 Å². The van der Waals surface area contributed by atoms with E-state index in [1.165, 1.54) is 24.0 Å². The molecule has 1 heterocycles. The molecule has 5 amide bonds. The molecule has 0 bridgehead atoms. The van der Waals surface area contributed by atoms with Crippen molar-refractivity contribution in [2.75, 3.05) is 11.9 Å². The maximum absolute atomic E-state index is 12.8. The summed E-state index contributed by atoms with van der Waals surface area (Å²) in [5.74, 6) is -2.11. The molecule has 3 N–H and O–H groups in total. The van der Waals surface area contributed by atoms with Gasteiger partial charge >= 0.3 is 0 Å². The van der Waals surface area contributed by atoms with Crippen molar-refractivity contribution in [3.63, 3.8) is 0 Å². The number of hydrogen-bond acceptors (Lipinski definition) is 5. The molecule has 1 aliphatic rings. The maximum Gasteiger partial charge on any atom is 0.253 e. The zero-order valence-corrected chi connectivity index (χ0v) is 24.6. The third-order valence-corrected chi connectivity index (χ3v) is 7.23. The highest BCUT2D eigenvalue weighted by atomic mass is 127. The van der Waals surface area contributed by atoms with E-state index >= 15 is 0 Å². The smallest absolute Gasteiger partial charge is 0.253 e. The molecule has 0 spiro atoms. The summed E-state index contributed by atoms with van der Waals surface area (Å²) in [6.07, 6.45) is 4.45. The Hall–Kier alpha value is -2.18. The predicted molar refractivity (Wildman–Crippen MR) is 152 cm³/mol. The average molecular weight is 665 g/mol. The summed E-state index contributed by atoms with van der Waals surface area (Å²) >= 11 is 14.6. The van der Waals surface area contributed by atoms with E-state index in [9.17, 15) is 24.0 Å². The summed E-state index contributed by atoms with van der Waals surface area (Å²) < 4.78 is 0.664. The van der Waals surface area contributed by atoms with Gasteiger partial charge < -0.3 is 16.0 Å². The van der Waals surface area contributed by atoms with Gasteiger partial charge in [-0.25, -0.2) is 0 Å². The second-order valence-corrected chi connectivity index (χ2v) is 10.6. The van der Waals surface area contributed by atoms with Gasteiger partial charge in [-0.05, 0) is 43.4 Å². The van der Waals surface area contributed by atoms with Crippen LogP contribution in [-0.4, -0.2) is 53.1 Å². The van der Waals surface area contributed by atoms with Crippen LogP contribution < -0.4 is 16.0 Å². The topological polar surface area (TPSA) is 125 Å². The van der Waals surface area contributed by atoms with Gasteiger partial charge in [0.15, 0.2) is 0 Å². The zero-order valence-electron chi connectivity index (χ0n) is 20.9. The van der Waals surface area contributed by atoms with Crippen LogP contribution in [0.4, 0.5) is 5.69 Å². The number of nitrogens with one attached hydrogen (secondary N) is 3. The quantitative estimate of drug-likeness (QED) is 0.127. The third kappa shape index (κ3) is 9.26. The number of carbonyl (C=O) groups excluding carboxylic acids is 5. The first-order valence-electron chi connectivity index (χ1n) is 11.9. The Morgan fingerprint density at radius 2 is 1.57 bits per heavy atom. The predicted octanol–water partition coefficient (Wildman–Crippen LogP) is 4.00. The lowest BCUT2D eigenvalue weighted by atomic mass is 10.0. The lowest BCUT2D eigenvalue weighted by Crippen LogP contribution is -2.53. The average Bonchev–Trinajstić information content (AvgIpc) is 3.15. The molecule has 37 heavy (non-hydrogen) atoms. The van der Waals surface area contributed by atoms with Crippen LogP contribution in [0.15, 0.2) is 24.3 Å². The molecule has 12 heteroatoms. The Kier molecular flexibility index (Phi) is 12.3. The van der Waals surface area contributed by atoms with Gasteiger partial charge in [0, 0.05) is 34.6 Å². The summed E-state index contributed by atoms with van der Waals surface area (Å²) in [5, 5.41) is 8.86. The Morgan fingerprint density at radius 3 is 2.16 bits per heavy atom. The Balaban J connectivity index is 1.81. The van der Waals surface area contributed by atoms with Crippen LogP contribution in [-0.2, 0) is 28.4 Å². The fourth-order valence-corrected chi connectivity index (χ4v) is 4.88. The highest BCUT2D eigenvalue weighted by molar-refractivity contribution is 14.1. The SMILES string of the molecule is CC(C)[C@H](NC(=O)CCCCCN1C(=O)C=CC1=O)C(=O)N[C@@H](C)C(=O)Nc1cc(Cl)c(CI)cc1Cl. The van der Waals surface area contributed by atoms with Gasteiger partial charge in [0.2, 0.25) is 17.7 Å². The van der Waals surface area contributed by atoms with Crippen LogP contribution in [0.5, 0.6) is 0 Å². The van der Waals surface area contributed by atoms with Gasteiger partial charge in [-0.2, -0.15) is 0 Å². The highest BCUT2D eigenvalue weighted by Crippen LogP contribution is 2.30. The summed E-state index contributed by atoms with van der Waals surface area (Å²) in [6, 6.07) is 1.53. The van der Waals surface area contributed by atoms with Crippen molar-refractivity contribution in [3.8, 4) is 0 Å². The first-order valence-corrected chi connectivity index (χ1v) is 14.2. The number of nitrogens with zero attached hydrogens (tertiary/aromatic N) is 1. The van der Waals surface area contributed by atoms with E-state index < -0.39 is 23.9 Å². The molecule has 9 nitrogen and oxygen atoms in total. The Labute approximate surface area is 240 Å². The van der Waals surface area contributed by atoms with Crippen molar-refractivity contribution in [1.29, 1.82) is 0 Å². The Bertz CT molecular complexity index is 1060. The molecule has 0 aromatic heterocycles. The largest absolute Gasteiger partial charge is 0.344 e. The standard InChI is InChI=1S/C25H31Cl2IN4O5/c1-14(2)23(31-20(33)7-5-4-6-10-32-21(34)8-9-22(32)35)25(37)29-15(3)24(36)30-19-12-17(26)16(13-28)11-18(19)27/h8-9,11-12,14-15,23H,4-7,10,13H2,1-3H3,(H,29,37)(H,30,36)(H,31,33)/t15-,23-/m0/s1. The molecule has 0 aliphatic carbocycles. The minimum Gasteiger partial charge on any atom is -0.344 e. The minimum absolute atomic E-state index is 0.194. The Morgan fingerprint density at radius 1 is 0.919 bits per heavy atom. The van der Waals surface area contributed by atoms with Crippen molar-refractivity contribution in [3.05, 3.63) is 39.9 Å². The first-order chi connectivity index (χ1) is 17.4. The van der Waals surface area contributed by atoms with Gasteiger partial charge in [-0.3, -0.25) is 28.9 Å². The van der Waals surface area contributed by atoms with E-state index in [2.05, 4.69) is 38.5 Å². The fraction of sp³-hybridized carbons (Fsp3) is 0.480. The van der Waals surface area contributed by atoms with Crippen LogP contribution in [0.3, 0.4) is 0 Å². The van der Waals surface area contributed by atoms with Crippen LogP contribution >= 0.6 is 45.8 Å². The van der Waals surface area contributed by atoms with Crippen molar-refractivity contribution < 1.29 is 24.0 Å². The number of benzene rings is 1. The molecule has 0 saturated heterocycles. The van der Waals surface area contributed by atoms with E-state index in [4.69, 9.17) is 23.2 Å².